The van der Waals surface area contributed by atoms with E-state index in [4.69, 9.17) is 11.6 Å². The predicted octanol–water partition coefficient (Wildman–Crippen LogP) is 4.96. The highest BCUT2D eigenvalue weighted by atomic mass is 35.5. The molecule has 0 radical (unpaired) electrons. The van der Waals surface area contributed by atoms with Gasteiger partial charge in [0.15, 0.2) is 0 Å². The summed E-state index contributed by atoms with van der Waals surface area (Å²) in [6.07, 6.45) is 0.511. The van der Waals surface area contributed by atoms with Gasteiger partial charge < -0.3 is 5.32 Å². The van der Waals surface area contributed by atoms with Gasteiger partial charge in [-0.25, -0.2) is 0 Å². The number of allylic oxidation sites excluding steroid dienone is 2. The van der Waals surface area contributed by atoms with Crippen molar-refractivity contribution in [1.82, 2.24) is 4.90 Å². The number of nitrogens with zero attached hydrogens (tertiary/aromatic N) is 1. The van der Waals surface area contributed by atoms with Crippen molar-refractivity contribution in [3.8, 4) is 0 Å². The normalized spacial score (nSPS) is 30.7. The summed E-state index contributed by atoms with van der Waals surface area (Å²) in [7, 11) is 0. The number of benzene rings is 2. The second-order valence-corrected chi connectivity index (χ2v) is 10.5. The minimum absolute atomic E-state index is 0.00945. The van der Waals surface area contributed by atoms with Crippen LogP contribution in [0.1, 0.15) is 17.5 Å². The van der Waals surface area contributed by atoms with Gasteiger partial charge in [-0.1, -0.05) is 54.1 Å². The summed E-state index contributed by atoms with van der Waals surface area (Å²) in [5, 5.41) is 2.39. The van der Waals surface area contributed by atoms with Crippen molar-refractivity contribution in [3.05, 3.63) is 76.8 Å². The summed E-state index contributed by atoms with van der Waals surface area (Å²) < 4.78 is 39.8. The van der Waals surface area contributed by atoms with Crippen molar-refractivity contribution in [2.45, 2.75) is 25.1 Å². The van der Waals surface area contributed by atoms with Crippen molar-refractivity contribution < 1.29 is 27.6 Å². The summed E-state index contributed by atoms with van der Waals surface area (Å²) >= 11 is 6.10. The molecule has 0 unspecified atom stereocenters. The Labute approximate surface area is 210 Å². The van der Waals surface area contributed by atoms with E-state index in [1.807, 2.05) is 12.2 Å². The molecule has 9 heteroatoms. The second kappa shape index (κ2) is 8.20. The Morgan fingerprint density at radius 1 is 1.00 bits per heavy atom. The largest absolute Gasteiger partial charge is 0.416 e. The number of alkyl halides is 3. The zero-order chi connectivity index (χ0) is 25.4. The van der Waals surface area contributed by atoms with Crippen molar-refractivity contribution in [3.63, 3.8) is 0 Å². The van der Waals surface area contributed by atoms with Crippen LogP contribution >= 0.6 is 11.6 Å². The highest BCUT2D eigenvalue weighted by Crippen LogP contribution is 2.65. The average Bonchev–Trinajstić information content (AvgIpc) is 3.62. The minimum Gasteiger partial charge on any atom is -0.323 e. The monoisotopic (exact) mass is 514 g/mol. The van der Waals surface area contributed by atoms with Crippen molar-refractivity contribution in [1.29, 1.82) is 0 Å². The lowest BCUT2D eigenvalue weighted by atomic mass is 9.63. The Bertz CT molecular complexity index is 1260. The fraction of sp³-hybridized carbons (Fsp3) is 0.370. The SMILES string of the molecule is O=C(Nc1cc(C(F)(F)F)ccc1Cl)[C@H](Cc1ccccc1)N1C(=O)[C@H]2[C@@H]3C=C[C@H]([C@H]4C[C@H]34)[C@@H]2C1=O. The molecule has 5 aliphatic rings. The van der Waals surface area contributed by atoms with Crippen LogP contribution < -0.4 is 5.32 Å². The van der Waals surface area contributed by atoms with Crippen LogP contribution in [-0.4, -0.2) is 28.7 Å². The summed E-state index contributed by atoms with van der Waals surface area (Å²) in [5.41, 5.74) is -0.482. The highest BCUT2D eigenvalue weighted by molar-refractivity contribution is 6.33. The van der Waals surface area contributed by atoms with Crippen molar-refractivity contribution in [2.75, 3.05) is 5.32 Å². The quantitative estimate of drug-likeness (QED) is 0.453. The van der Waals surface area contributed by atoms with Crippen LogP contribution in [0.4, 0.5) is 18.9 Å². The van der Waals surface area contributed by atoms with E-state index in [0.29, 0.717) is 17.4 Å². The van der Waals surface area contributed by atoms with Gasteiger partial charge in [-0.15, -0.1) is 0 Å². The lowest BCUT2D eigenvalue weighted by Crippen LogP contribution is -2.49. The number of halogens is 4. The van der Waals surface area contributed by atoms with Crippen LogP contribution in [-0.2, 0) is 27.0 Å². The number of likely N-dealkylation sites (tertiary alicyclic amines) is 1. The van der Waals surface area contributed by atoms with Gasteiger partial charge in [-0.3, -0.25) is 19.3 Å². The molecular weight excluding hydrogens is 493 g/mol. The number of carbonyl (C=O) groups excluding carboxylic acids is 3. The maximum Gasteiger partial charge on any atom is 0.416 e. The first-order valence-corrected chi connectivity index (χ1v) is 12.3. The molecule has 7 rings (SSSR count). The number of nitrogens with one attached hydrogen (secondary N) is 1. The highest BCUT2D eigenvalue weighted by Gasteiger charge is 2.67. The van der Waals surface area contributed by atoms with Crippen LogP contribution in [0.5, 0.6) is 0 Å². The molecule has 186 valence electrons. The van der Waals surface area contributed by atoms with E-state index in [9.17, 15) is 27.6 Å². The summed E-state index contributed by atoms with van der Waals surface area (Å²) in [5.74, 6) is -1.69. The maximum atomic E-state index is 13.7. The van der Waals surface area contributed by atoms with E-state index in [1.165, 1.54) is 0 Å². The molecule has 4 aliphatic carbocycles. The van der Waals surface area contributed by atoms with E-state index < -0.39 is 35.5 Å². The van der Waals surface area contributed by atoms with Crippen LogP contribution in [0.15, 0.2) is 60.7 Å². The Hall–Kier alpha value is -3.13. The fourth-order valence-electron chi connectivity index (χ4n) is 6.44. The minimum atomic E-state index is -4.63. The Morgan fingerprint density at radius 2 is 1.61 bits per heavy atom. The maximum absolute atomic E-state index is 13.7. The molecule has 1 heterocycles. The van der Waals surface area contributed by atoms with Gasteiger partial charge >= 0.3 is 6.18 Å². The third-order valence-corrected chi connectivity index (χ3v) is 8.46. The Balaban J connectivity index is 1.34. The number of hydrogen-bond acceptors (Lipinski definition) is 3. The molecule has 1 aliphatic heterocycles. The molecule has 3 fully saturated rings. The van der Waals surface area contributed by atoms with Gasteiger partial charge in [0.25, 0.3) is 0 Å². The third-order valence-electron chi connectivity index (χ3n) is 8.13. The fourth-order valence-corrected chi connectivity index (χ4v) is 6.60. The molecule has 2 bridgehead atoms. The second-order valence-electron chi connectivity index (χ2n) is 10.1. The average molecular weight is 515 g/mol. The van der Waals surface area contributed by atoms with E-state index >= 15 is 0 Å². The summed E-state index contributed by atoms with van der Waals surface area (Å²) in [6.45, 7) is 0. The molecule has 0 aromatic heterocycles. The molecule has 36 heavy (non-hydrogen) atoms. The lowest BCUT2D eigenvalue weighted by molar-refractivity contribution is -0.146. The molecule has 3 amide bonds. The van der Waals surface area contributed by atoms with E-state index in [0.717, 1.165) is 29.5 Å². The first-order chi connectivity index (χ1) is 17.1. The van der Waals surface area contributed by atoms with E-state index in [1.54, 1.807) is 30.3 Å². The smallest absolute Gasteiger partial charge is 0.323 e. The molecule has 1 N–H and O–H groups in total. The number of hydrogen-bond donors (Lipinski definition) is 1. The molecule has 2 aromatic carbocycles. The standard InChI is InChI=1S/C27H22ClF3N2O3/c28-19-9-6-14(27(29,30)31)11-20(19)32-24(34)21(10-13-4-2-1-3-5-13)33-25(35)22-15-7-8-16(18-12-17(15)18)23(22)26(33)36/h1-9,11,15-18,21-23H,10,12H2,(H,32,34)/t15-,16-,17-,18-,21+,22+,23+/m1/s1. The predicted molar refractivity (Wildman–Crippen MR) is 126 cm³/mol. The molecule has 2 saturated carbocycles. The van der Waals surface area contributed by atoms with Gasteiger partial charge in [-0.05, 0) is 53.9 Å². The van der Waals surface area contributed by atoms with Gasteiger partial charge in [0.05, 0.1) is 28.1 Å². The third kappa shape index (κ3) is 3.65. The Kier molecular flexibility index (Phi) is 5.30. The van der Waals surface area contributed by atoms with E-state index in [-0.39, 0.29) is 40.8 Å². The number of imide groups is 1. The number of anilines is 1. The summed E-state index contributed by atoms with van der Waals surface area (Å²) in [6, 6.07) is 10.3. The molecule has 2 aromatic rings. The van der Waals surface area contributed by atoms with Crippen LogP contribution in [0.3, 0.4) is 0 Å². The van der Waals surface area contributed by atoms with Crippen molar-refractivity contribution in [2.24, 2.45) is 35.5 Å². The van der Waals surface area contributed by atoms with E-state index in [2.05, 4.69) is 5.32 Å². The van der Waals surface area contributed by atoms with Crippen LogP contribution in [0, 0.1) is 35.5 Å². The molecule has 0 spiro atoms. The molecule has 1 saturated heterocycles. The zero-order valence-corrected chi connectivity index (χ0v) is 19.7. The summed E-state index contributed by atoms with van der Waals surface area (Å²) in [4.78, 5) is 41.9. The van der Waals surface area contributed by atoms with Gasteiger partial charge in [0.2, 0.25) is 17.7 Å². The number of amides is 3. The lowest BCUT2D eigenvalue weighted by Gasteiger charge is -2.37. The molecular formula is C27H22ClF3N2O3. The first kappa shape index (κ1) is 23.3. The van der Waals surface area contributed by atoms with Gasteiger partial charge in [0, 0.05) is 6.42 Å². The van der Waals surface area contributed by atoms with Crippen LogP contribution in [0.2, 0.25) is 5.02 Å². The number of rotatable bonds is 5. The van der Waals surface area contributed by atoms with Crippen molar-refractivity contribution >= 4 is 35.0 Å². The number of carbonyl (C=O) groups is 3. The zero-order valence-electron chi connectivity index (χ0n) is 18.9. The topological polar surface area (TPSA) is 66.5 Å². The molecule has 7 atom stereocenters. The molecule has 5 nitrogen and oxygen atoms in total. The van der Waals surface area contributed by atoms with Crippen LogP contribution in [0.25, 0.3) is 0 Å². The van der Waals surface area contributed by atoms with Gasteiger partial charge in [0.1, 0.15) is 6.04 Å². The first-order valence-electron chi connectivity index (χ1n) is 11.9. The Morgan fingerprint density at radius 3 is 2.19 bits per heavy atom. The van der Waals surface area contributed by atoms with Gasteiger partial charge in [-0.2, -0.15) is 13.2 Å².